The van der Waals surface area contributed by atoms with Crippen LogP contribution in [0.2, 0.25) is 0 Å². The van der Waals surface area contributed by atoms with Crippen molar-refractivity contribution in [2.75, 3.05) is 7.11 Å². The standard InChI is InChI=1S/C18H25NO4/c1-12-15(16(21)22-5)19(17(23-12)18(2,3)4)14(20)11-13-9-7-6-8-10-13/h6-10,12,15,17H,11H2,1-5H3/t12-,15+,17-/m1/s1. The second-order valence-corrected chi connectivity index (χ2v) is 6.99. The van der Waals surface area contributed by atoms with E-state index in [4.69, 9.17) is 9.47 Å². The van der Waals surface area contributed by atoms with Gasteiger partial charge in [0.15, 0.2) is 6.04 Å². The van der Waals surface area contributed by atoms with Gasteiger partial charge >= 0.3 is 5.97 Å². The summed E-state index contributed by atoms with van der Waals surface area (Å²) >= 11 is 0. The van der Waals surface area contributed by atoms with Gasteiger partial charge in [0.2, 0.25) is 5.91 Å². The Morgan fingerprint density at radius 2 is 1.83 bits per heavy atom. The summed E-state index contributed by atoms with van der Waals surface area (Å²) in [6, 6.07) is 8.79. The van der Waals surface area contributed by atoms with Crippen LogP contribution in [0.25, 0.3) is 0 Å². The lowest BCUT2D eigenvalue weighted by Crippen LogP contribution is -2.51. The number of ether oxygens (including phenoxy) is 2. The van der Waals surface area contributed by atoms with Gasteiger partial charge in [-0.25, -0.2) is 4.79 Å². The first-order chi connectivity index (χ1) is 10.8. The van der Waals surface area contributed by atoms with Gasteiger partial charge in [0.25, 0.3) is 0 Å². The number of nitrogens with zero attached hydrogens (tertiary/aromatic N) is 1. The van der Waals surface area contributed by atoms with Crippen LogP contribution in [0.1, 0.15) is 33.3 Å². The third-order valence-electron chi connectivity index (χ3n) is 4.01. The predicted molar refractivity (Wildman–Crippen MR) is 86.6 cm³/mol. The van der Waals surface area contributed by atoms with Crippen molar-refractivity contribution in [3.63, 3.8) is 0 Å². The molecule has 1 fully saturated rings. The zero-order valence-corrected chi connectivity index (χ0v) is 14.4. The van der Waals surface area contributed by atoms with E-state index in [1.54, 1.807) is 11.8 Å². The molecule has 1 heterocycles. The Morgan fingerprint density at radius 3 is 2.35 bits per heavy atom. The molecule has 5 heteroatoms. The van der Waals surface area contributed by atoms with Crippen molar-refractivity contribution in [2.45, 2.75) is 52.5 Å². The topological polar surface area (TPSA) is 55.8 Å². The quantitative estimate of drug-likeness (QED) is 0.803. The average Bonchev–Trinajstić information content (AvgIpc) is 2.85. The number of rotatable bonds is 3. The molecule has 5 nitrogen and oxygen atoms in total. The number of hydrogen-bond acceptors (Lipinski definition) is 4. The zero-order valence-electron chi connectivity index (χ0n) is 14.4. The van der Waals surface area contributed by atoms with Gasteiger partial charge in [-0.1, -0.05) is 51.1 Å². The van der Waals surface area contributed by atoms with Crippen LogP contribution < -0.4 is 0 Å². The van der Waals surface area contributed by atoms with Crippen LogP contribution in [-0.2, 0) is 25.5 Å². The summed E-state index contributed by atoms with van der Waals surface area (Å²) in [7, 11) is 1.33. The fourth-order valence-electron chi connectivity index (χ4n) is 2.91. The number of benzene rings is 1. The maximum Gasteiger partial charge on any atom is 0.331 e. The van der Waals surface area contributed by atoms with Gasteiger partial charge < -0.3 is 9.47 Å². The summed E-state index contributed by atoms with van der Waals surface area (Å²) in [5, 5.41) is 0. The number of amides is 1. The summed E-state index contributed by atoms with van der Waals surface area (Å²) in [5.74, 6) is -0.568. The second-order valence-electron chi connectivity index (χ2n) is 6.99. The molecule has 0 N–H and O–H groups in total. The van der Waals surface area contributed by atoms with Gasteiger partial charge in [-0.05, 0) is 12.5 Å². The lowest BCUT2D eigenvalue weighted by Gasteiger charge is -2.35. The third-order valence-corrected chi connectivity index (χ3v) is 4.01. The monoisotopic (exact) mass is 319 g/mol. The minimum atomic E-state index is -0.708. The van der Waals surface area contributed by atoms with Crippen LogP contribution in [0.5, 0.6) is 0 Å². The van der Waals surface area contributed by atoms with Crippen LogP contribution in [0, 0.1) is 5.41 Å². The highest BCUT2D eigenvalue weighted by Crippen LogP contribution is 2.35. The van der Waals surface area contributed by atoms with Crippen molar-refractivity contribution >= 4 is 11.9 Å². The lowest BCUT2D eigenvalue weighted by atomic mass is 9.92. The maximum absolute atomic E-state index is 12.9. The van der Waals surface area contributed by atoms with Crippen LogP contribution in [0.15, 0.2) is 30.3 Å². The van der Waals surface area contributed by atoms with Gasteiger partial charge in [0.1, 0.15) is 6.23 Å². The first kappa shape index (κ1) is 17.5. The highest BCUT2D eigenvalue weighted by molar-refractivity contribution is 5.87. The second kappa shape index (κ2) is 6.71. The van der Waals surface area contributed by atoms with Gasteiger partial charge in [0.05, 0.1) is 19.6 Å². The molecule has 0 aliphatic carbocycles. The van der Waals surface area contributed by atoms with Crippen molar-refractivity contribution in [3.8, 4) is 0 Å². The molecule has 2 rings (SSSR count). The van der Waals surface area contributed by atoms with E-state index >= 15 is 0 Å². The molecule has 23 heavy (non-hydrogen) atoms. The molecule has 1 amide bonds. The average molecular weight is 319 g/mol. The lowest BCUT2D eigenvalue weighted by molar-refractivity contribution is -0.155. The molecule has 0 aromatic heterocycles. The summed E-state index contributed by atoms with van der Waals surface area (Å²) in [6.07, 6.45) is -0.624. The SMILES string of the molecule is COC(=O)[C@@H]1[C@@H](C)O[C@H](C(C)(C)C)N1C(=O)Cc1ccccc1. The van der Waals surface area contributed by atoms with Gasteiger partial charge in [-0.2, -0.15) is 0 Å². The van der Waals surface area contributed by atoms with E-state index < -0.39 is 24.3 Å². The fraction of sp³-hybridized carbons (Fsp3) is 0.556. The molecule has 0 spiro atoms. The van der Waals surface area contributed by atoms with E-state index in [1.807, 2.05) is 51.1 Å². The van der Waals surface area contributed by atoms with Crippen LogP contribution in [-0.4, -0.2) is 42.3 Å². The third kappa shape index (κ3) is 3.72. The van der Waals surface area contributed by atoms with Crippen molar-refractivity contribution in [2.24, 2.45) is 5.41 Å². The Hall–Kier alpha value is -1.88. The Labute approximate surface area is 137 Å². The first-order valence-corrected chi connectivity index (χ1v) is 7.84. The largest absolute Gasteiger partial charge is 0.467 e. The Kier molecular flexibility index (Phi) is 5.09. The molecule has 1 aliphatic heterocycles. The van der Waals surface area contributed by atoms with Gasteiger partial charge in [0, 0.05) is 5.41 Å². The van der Waals surface area contributed by atoms with E-state index in [0.717, 1.165) is 5.56 Å². The summed E-state index contributed by atoms with van der Waals surface area (Å²) < 4.78 is 10.8. The van der Waals surface area contributed by atoms with Gasteiger partial charge in [-0.15, -0.1) is 0 Å². The number of methoxy groups -OCH3 is 1. The first-order valence-electron chi connectivity index (χ1n) is 7.84. The smallest absolute Gasteiger partial charge is 0.331 e. The van der Waals surface area contributed by atoms with Crippen molar-refractivity contribution in [1.29, 1.82) is 0 Å². The van der Waals surface area contributed by atoms with E-state index in [2.05, 4.69) is 0 Å². The number of carbonyl (C=O) groups is 2. The molecule has 1 saturated heterocycles. The molecule has 1 aliphatic rings. The Balaban J connectivity index is 2.30. The normalized spacial score (nSPS) is 24.6. The number of carbonyl (C=O) groups excluding carboxylic acids is 2. The van der Waals surface area contributed by atoms with E-state index in [9.17, 15) is 9.59 Å². The highest BCUT2D eigenvalue weighted by atomic mass is 16.6. The van der Waals surface area contributed by atoms with Crippen molar-refractivity contribution < 1.29 is 19.1 Å². The molecule has 1 aromatic rings. The van der Waals surface area contributed by atoms with Crippen molar-refractivity contribution in [3.05, 3.63) is 35.9 Å². The Morgan fingerprint density at radius 1 is 1.22 bits per heavy atom. The molecule has 0 saturated carbocycles. The maximum atomic E-state index is 12.9. The highest BCUT2D eigenvalue weighted by Gasteiger charge is 2.51. The fourth-order valence-corrected chi connectivity index (χ4v) is 2.91. The van der Waals surface area contributed by atoms with Crippen LogP contribution in [0.3, 0.4) is 0 Å². The van der Waals surface area contributed by atoms with Crippen LogP contribution in [0.4, 0.5) is 0 Å². The Bertz CT molecular complexity index is 564. The molecular weight excluding hydrogens is 294 g/mol. The van der Waals surface area contributed by atoms with Gasteiger partial charge in [-0.3, -0.25) is 9.69 Å². The van der Waals surface area contributed by atoms with E-state index in [1.165, 1.54) is 7.11 Å². The number of hydrogen-bond donors (Lipinski definition) is 0. The molecule has 1 aromatic carbocycles. The summed E-state index contributed by atoms with van der Waals surface area (Å²) in [4.78, 5) is 26.6. The zero-order chi connectivity index (χ0) is 17.2. The van der Waals surface area contributed by atoms with Crippen LogP contribution >= 0.6 is 0 Å². The molecule has 0 radical (unpaired) electrons. The van der Waals surface area contributed by atoms with E-state index in [0.29, 0.717) is 0 Å². The predicted octanol–water partition coefficient (Wildman–Crippen LogP) is 2.39. The molecule has 3 atom stereocenters. The minimum absolute atomic E-state index is 0.129. The summed E-state index contributed by atoms with van der Waals surface area (Å²) in [6.45, 7) is 7.78. The molecular formula is C18H25NO4. The van der Waals surface area contributed by atoms with E-state index in [-0.39, 0.29) is 17.7 Å². The van der Waals surface area contributed by atoms with Crippen molar-refractivity contribution in [1.82, 2.24) is 4.90 Å². The summed E-state index contributed by atoms with van der Waals surface area (Å²) in [5.41, 5.74) is 0.608. The molecule has 0 unspecified atom stereocenters. The molecule has 126 valence electrons. The minimum Gasteiger partial charge on any atom is -0.467 e. The molecule has 0 bridgehead atoms. The number of esters is 1.